The molecule has 0 radical (unpaired) electrons. The van der Waals surface area contributed by atoms with Crippen molar-refractivity contribution in [3.63, 3.8) is 0 Å². The van der Waals surface area contributed by atoms with Gasteiger partial charge in [0.15, 0.2) is 0 Å². The first kappa shape index (κ1) is 18.0. The zero-order valence-corrected chi connectivity index (χ0v) is 15.0. The van der Waals surface area contributed by atoms with Crippen LogP contribution in [0.5, 0.6) is 5.75 Å². The summed E-state index contributed by atoms with van der Waals surface area (Å²) < 4.78 is 11.2. The lowest BCUT2D eigenvalue weighted by molar-refractivity contribution is 0.0676. The Bertz CT molecular complexity index is 933. The molecule has 136 valence electrons. The summed E-state index contributed by atoms with van der Waals surface area (Å²) >= 11 is 0. The van der Waals surface area contributed by atoms with Gasteiger partial charge in [-0.2, -0.15) is 0 Å². The van der Waals surface area contributed by atoms with Crippen molar-refractivity contribution in [2.24, 2.45) is 0 Å². The number of hydrogen-bond acceptors (Lipinski definition) is 4. The number of furan rings is 1. The van der Waals surface area contributed by atoms with Gasteiger partial charge < -0.3 is 19.4 Å². The van der Waals surface area contributed by atoms with E-state index in [1.807, 2.05) is 12.1 Å². The number of fused-ring (bicyclic) bond motifs is 1. The second-order valence-corrected chi connectivity index (χ2v) is 7.28. The molecule has 2 N–H and O–H groups in total. The largest absolute Gasteiger partial charge is 0.489 e. The van der Waals surface area contributed by atoms with E-state index in [9.17, 15) is 15.0 Å². The van der Waals surface area contributed by atoms with Crippen LogP contribution in [0.15, 0.2) is 52.9 Å². The van der Waals surface area contributed by atoms with Crippen LogP contribution in [0.3, 0.4) is 0 Å². The predicted octanol–water partition coefficient (Wildman–Crippen LogP) is 4.54. The maximum atomic E-state index is 11.2. The summed E-state index contributed by atoms with van der Waals surface area (Å²) in [4.78, 5) is 11.2. The van der Waals surface area contributed by atoms with Crippen LogP contribution >= 0.6 is 0 Å². The molecule has 5 nitrogen and oxygen atoms in total. The van der Waals surface area contributed by atoms with Gasteiger partial charge in [0.05, 0.1) is 0 Å². The minimum absolute atomic E-state index is 0.0217. The van der Waals surface area contributed by atoms with Crippen LogP contribution in [0.25, 0.3) is 11.0 Å². The lowest BCUT2D eigenvalue weighted by Crippen LogP contribution is -2.11. The third-order valence-electron chi connectivity index (χ3n) is 4.24. The number of aromatic carboxylic acids is 1. The number of carboxylic acids is 1. The molecule has 1 heterocycles. The van der Waals surface area contributed by atoms with Gasteiger partial charge in [-0.15, -0.1) is 0 Å². The van der Waals surface area contributed by atoms with E-state index >= 15 is 0 Å². The number of carboxylic acid groups (broad SMARTS) is 1. The topological polar surface area (TPSA) is 79.9 Å². The first-order chi connectivity index (χ1) is 12.3. The Balaban J connectivity index is 1.78. The van der Waals surface area contributed by atoms with Crippen molar-refractivity contribution in [2.45, 2.75) is 32.3 Å². The Hall–Kier alpha value is -2.79. The van der Waals surface area contributed by atoms with Crippen molar-refractivity contribution in [1.82, 2.24) is 0 Å². The van der Waals surface area contributed by atoms with Crippen LogP contribution in [0.1, 0.15) is 48.6 Å². The first-order valence-corrected chi connectivity index (χ1v) is 8.43. The number of aliphatic hydroxyl groups excluding tert-OH is 1. The molecule has 1 unspecified atom stereocenters. The minimum Gasteiger partial charge on any atom is -0.489 e. The molecule has 0 fully saturated rings. The van der Waals surface area contributed by atoms with Gasteiger partial charge in [0.25, 0.3) is 0 Å². The fraction of sp³-hybridized carbons (Fsp3) is 0.286. The summed E-state index contributed by atoms with van der Waals surface area (Å²) in [7, 11) is 0. The third kappa shape index (κ3) is 3.73. The molecule has 0 saturated heterocycles. The summed E-state index contributed by atoms with van der Waals surface area (Å²) in [6.45, 7) is 6.31. The number of benzene rings is 2. The molecule has 3 rings (SSSR count). The van der Waals surface area contributed by atoms with Crippen LogP contribution < -0.4 is 4.74 Å². The average molecular weight is 354 g/mol. The Morgan fingerprint density at radius 3 is 2.58 bits per heavy atom. The van der Waals surface area contributed by atoms with Gasteiger partial charge in [0.2, 0.25) is 0 Å². The molecule has 0 saturated carbocycles. The highest BCUT2D eigenvalue weighted by Gasteiger charge is 2.19. The molecule has 2 aromatic carbocycles. The van der Waals surface area contributed by atoms with Crippen molar-refractivity contribution in [1.29, 1.82) is 0 Å². The maximum Gasteiger partial charge on any atom is 0.339 e. The summed E-state index contributed by atoms with van der Waals surface area (Å²) in [6, 6.07) is 14.1. The van der Waals surface area contributed by atoms with Gasteiger partial charge in [0, 0.05) is 5.39 Å². The molecule has 3 aromatic rings. The molecule has 0 aliphatic carbocycles. The predicted molar refractivity (Wildman–Crippen MR) is 98.8 cm³/mol. The van der Waals surface area contributed by atoms with Gasteiger partial charge >= 0.3 is 5.97 Å². The second-order valence-electron chi connectivity index (χ2n) is 7.28. The van der Waals surface area contributed by atoms with Crippen LogP contribution in [-0.4, -0.2) is 22.8 Å². The number of aliphatic hydroxyl groups is 1. The van der Waals surface area contributed by atoms with E-state index in [1.54, 1.807) is 24.3 Å². The maximum absolute atomic E-state index is 11.2. The van der Waals surface area contributed by atoms with Gasteiger partial charge in [-0.1, -0.05) is 39.0 Å². The number of hydrogen-bond donors (Lipinski definition) is 2. The number of carbonyl (C=O) groups is 1. The zero-order valence-electron chi connectivity index (χ0n) is 15.0. The highest BCUT2D eigenvalue weighted by molar-refractivity contribution is 5.90. The van der Waals surface area contributed by atoms with Gasteiger partial charge in [-0.25, -0.2) is 4.79 Å². The van der Waals surface area contributed by atoms with Gasteiger partial charge in [-0.3, -0.25) is 0 Å². The van der Waals surface area contributed by atoms with Crippen molar-refractivity contribution in [3.8, 4) is 5.75 Å². The van der Waals surface area contributed by atoms with E-state index in [2.05, 4.69) is 26.8 Å². The summed E-state index contributed by atoms with van der Waals surface area (Å²) in [6.07, 6.45) is -0.998. The molecule has 0 aliphatic rings. The van der Waals surface area contributed by atoms with Crippen LogP contribution in [-0.2, 0) is 5.41 Å². The van der Waals surface area contributed by atoms with E-state index in [-0.39, 0.29) is 23.3 Å². The Morgan fingerprint density at radius 1 is 1.15 bits per heavy atom. The Labute approximate surface area is 151 Å². The van der Waals surface area contributed by atoms with Crippen LogP contribution in [0.4, 0.5) is 0 Å². The summed E-state index contributed by atoms with van der Waals surface area (Å²) in [5.74, 6) is -0.474. The zero-order chi connectivity index (χ0) is 18.9. The molecule has 1 atom stereocenters. The van der Waals surface area contributed by atoms with Gasteiger partial charge in [0.1, 0.15) is 35.4 Å². The van der Waals surface area contributed by atoms with E-state index in [0.717, 1.165) is 5.39 Å². The number of para-hydroxylation sites is 1. The lowest BCUT2D eigenvalue weighted by atomic mass is 9.86. The molecule has 0 amide bonds. The standard InChI is InChI=1S/C21H22O5/c1-21(2,3)14-8-9-17-13(10-14)11-19(26-17)16(22)12-25-18-7-5-4-6-15(18)20(23)24/h4-11,16,22H,12H2,1-3H3,(H,23,24). The van der Waals surface area contributed by atoms with E-state index in [0.29, 0.717) is 11.3 Å². The minimum atomic E-state index is -1.08. The second kappa shape index (κ2) is 6.84. The molecular weight excluding hydrogens is 332 g/mol. The van der Waals surface area contributed by atoms with E-state index in [1.165, 1.54) is 11.6 Å². The molecule has 1 aromatic heterocycles. The van der Waals surface area contributed by atoms with Crippen LogP contribution in [0.2, 0.25) is 0 Å². The van der Waals surface area contributed by atoms with Crippen LogP contribution in [0, 0.1) is 0 Å². The van der Waals surface area contributed by atoms with Crippen molar-refractivity contribution in [2.75, 3.05) is 6.61 Å². The summed E-state index contributed by atoms with van der Waals surface area (Å²) in [5.41, 5.74) is 1.95. The van der Waals surface area contributed by atoms with Crippen molar-refractivity contribution in [3.05, 3.63) is 65.4 Å². The van der Waals surface area contributed by atoms with E-state index < -0.39 is 12.1 Å². The molecule has 0 bridgehead atoms. The van der Waals surface area contributed by atoms with Gasteiger partial charge in [-0.05, 0) is 41.3 Å². The SMILES string of the molecule is CC(C)(C)c1ccc2oc(C(O)COc3ccccc3C(=O)O)cc2c1. The number of ether oxygens (including phenoxy) is 1. The summed E-state index contributed by atoms with van der Waals surface area (Å²) in [5, 5.41) is 20.5. The highest BCUT2D eigenvalue weighted by atomic mass is 16.5. The first-order valence-electron chi connectivity index (χ1n) is 8.43. The molecular formula is C21H22O5. The van der Waals surface area contributed by atoms with Crippen molar-refractivity contribution >= 4 is 16.9 Å². The smallest absolute Gasteiger partial charge is 0.339 e. The third-order valence-corrected chi connectivity index (χ3v) is 4.24. The Morgan fingerprint density at radius 2 is 1.88 bits per heavy atom. The number of rotatable bonds is 5. The molecule has 5 heteroatoms. The molecule has 0 spiro atoms. The fourth-order valence-corrected chi connectivity index (χ4v) is 2.71. The monoisotopic (exact) mass is 354 g/mol. The normalized spacial score (nSPS) is 12.9. The highest BCUT2D eigenvalue weighted by Crippen LogP contribution is 2.30. The Kier molecular flexibility index (Phi) is 4.74. The molecule has 26 heavy (non-hydrogen) atoms. The average Bonchev–Trinajstić information content (AvgIpc) is 3.02. The molecule has 0 aliphatic heterocycles. The quantitative estimate of drug-likeness (QED) is 0.703. The van der Waals surface area contributed by atoms with Crippen molar-refractivity contribution < 1.29 is 24.2 Å². The van der Waals surface area contributed by atoms with E-state index in [4.69, 9.17) is 9.15 Å². The fourth-order valence-electron chi connectivity index (χ4n) is 2.71. The lowest BCUT2D eigenvalue weighted by Gasteiger charge is -2.18.